The highest BCUT2D eigenvalue weighted by Gasteiger charge is 2.37. The third-order valence-corrected chi connectivity index (χ3v) is 4.20. The van der Waals surface area contributed by atoms with Gasteiger partial charge in [0, 0.05) is 19.1 Å². The molecule has 0 radical (unpaired) electrons. The summed E-state index contributed by atoms with van der Waals surface area (Å²) in [6.07, 6.45) is 3.26. The molecule has 4 nitrogen and oxygen atoms in total. The van der Waals surface area contributed by atoms with Gasteiger partial charge in [0.2, 0.25) is 5.91 Å². The largest absolute Gasteiger partial charge is 0.325 e. The van der Waals surface area contributed by atoms with Crippen molar-refractivity contribution >= 4 is 5.91 Å². The zero-order valence-corrected chi connectivity index (χ0v) is 14.1. The van der Waals surface area contributed by atoms with E-state index in [9.17, 15) is 4.79 Å². The molecule has 1 heterocycles. The molecule has 2 unspecified atom stereocenters. The molecule has 1 amide bonds. The Bertz CT molecular complexity index is 304. The molecule has 0 aromatic carbocycles. The molecule has 0 aliphatic carbocycles. The molecule has 1 fully saturated rings. The molecule has 1 saturated heterocycles. The van der Waals surface area contributed by atoms with Gasteiger partial charge in [-0.15, -0.1) is 0 Å². The molecule has 0 saturated carbocycles. The number of carbonyl (C=O) groups excluding carboxylic acids is 1. The number of rotatable bonds is 8. The number of nitrogens with one attached hydrogen (secondary N) is 1. The molecule has 2 atom stereocenters. The lowest BCUT2D eigenvalue weighted by Gasteiger charge is -2.29. The first kappa shape index (κ1) is 17.4. The van der Waals surface area contributed by atoms with Gasteiger partial charge in [-0.25, -0.2) is 0 Å². The first-order valence-corrected chi connectivity index (χ1v) is 8.13. The summed E-state index contributed by atoms with van der Waals surface area (Å²) in [7, 11) is 2.12. The lowest BCUT2D eigenvalue weighted by Crippen LogP contribution is -2.43. The van der Waals surface area contributed by atoms with Crippen molar-refractivity contribution in [2.45, 2.75) is 72.1 Å². The van der Waals surface area contributed by atoms with Crippen molar-refractivity contribution in [3.63, 3.8) is 0 Å². The molecule has 1 aliphatic rings. The van der Waals surface area contributed by atoms with Crippen LogP contribution in [0.3, 0.4) is 0 Å². The zero-order valence-electron chi connectivity index (χ0n) is 14.1. The summed E-state index contributed by atoms with van der Waals surface area (Å²) in [5.74, 6) is 0.903. The van der Waals surface area contributed by atoms with E-state index in [2.05, 4.69) is 56.8 Å². The molecule has 1 N–H and O–H groups in total. The highest BCUT2D eigenvalue weighted by Crippen LogP contribution is 2.20. The van der Waals surface area contributed by atoms with E-state index in [1.54, 1.807) is 0 Å². The van der Waals surface area contributed by atoms with E-state index in [1.807, 2.05) is 0 Å². The van der Waals surface area contributed by atoms with Crippen LogP contribution in [0.25, 0.3) is 0 Å². The van der Waals surface area contributed by atoms with Crippen molar-refractivity contribution < 1.29 is 4.79 Å². The first-order valence-electron chi connectivity index (χ1n) is 8.13. The number of likely N-dealkylation sites (N-methyl/N-ethyl adjacent to an activating group) is 1. The maximum Gasteiger partial charge on any atom is 0.241 e. The van der Waals surface area contributed by atoms with Gasteiger partial charge in [-0.05, 0) is 39.7 Å². The molecule has 0 aromatic rings. The Hall–Kier alpha value is -0.610. The predicted octanol–water partition coefficient (Wildman–Crippen LogP) is 2.30. The summed E-state index contributed by atoms with van der Waals surface area (Å²) < 4.78 is 0. The van der Waals surface area contributed by atoms with E-state index in [4.69, 9.17) is 0 Å². The number of amides is 1. The Morgan fingerprint density at radius 1 is 1.30 bits per heavy atom. The fraction of sp³-hybridized carbons (Fsp3) is 0.938. The molecule has 0 aromatic heterocycles. The van der Waals surface area contributed by atoms with E-state index in [1.165, 1.54) is 0 Å². The van der Waals surface area contributed by atoms with E-state index in [0.29, 0.717) is 17.9 Å². The van der Waals surface area contributed by atoms with Crippen molar-refractivity contribution in [2.24, 2.45) is 5.92 Å². The quantitative estimate of drug-likeness (QED) is 0.742. The normalized spacial score (nSPS) is 23.6. The van der Waals surface area contributed by atoms with Gasteiger partial charge in [0.25, 0.3) is 0 Å². The smallest absolute Gasteiger partial charge is 0.241 e. The number of nitrogens with zero attached hydrogens (tertiary/aromatic N) is 2. The monoisotopic (exact) mass is 283 g/mol. The van der Waals surface area contributed by atoms with E-state index >= 15 is 0 Å². The van der Waals surface area contributed by atoms with Crippen LogP contribution in [0.4, 0.5) is 0 Å². The molecule has 0 bridgehead atoms. The summed E-state index contributed by atoms with van der Waals surface area (Å²) >= 11 is 0. The SMILES string of the molecule is CCCC1NC(CC(C)C)N(CCN(C)C(C)C)C1=O. The topological polar surface area (TPSA) is 35.6 Å². The van der Waals surface area contributed by atoms with Crippen LogP contribution in [0.5, 0.6) is 0 Å². The summed E-state index contributed by atoms with van der Waals surface area (Å²) in [6, 6.07) is 0.559. The Balaban J connectivity index is 2.64. The van der Waals surface area contributed by atoms with Crippen molar-refractivity contribution in [1.82, 2.24) is 15.1 Å². The second-order valence-electron chi connectivity index (χ2n) is 6.76. The Kier molecular flexibility index (Phi) is 6.96. The van der Waals surface area contributed by atoms with Crippen molar-refractivity contribution in [3.8, 4) is 0 Å². The van der Waals surface area contributed by atoms with Gasteiger partial charge in [0.1, 0.15) is 0 Å². The summed E-state index contributed by atoms with van der Waals surface area (Å²) in [6.45, 7) is 12.7. The molecule has 1 aliphatic heterocycles. The van der Waals surface area contributed by atoms with E-state index in [0.717, 1.165) is 32.4 Å². The molecule has 118 valence electrons. The van der Waals surface area contributed by atoms with Crippen LogP contribution in [-0.2, 0) is 4.79 Å². The maximum atomic E-state index is 12.5. The van der Waals surface area contributed by atoms with Crippen LogP contribution in [0.1, 0.15) is 53.9 Å². The Morgan fingerprint density at radius 3 is 2.45 bits per heavy atom. The maximum absolute atomic E-state index is 12.5. The third kappa shape index (κ3) is 4.74. The average Bonchev–Trinajstić information content (AvgIpc) is 2.63. The van der Waals surface area contributed by atoms with Gasteiger partial charge in [0.15, 0.2) is 0 Å². The Morgan fingerprint density at radius 2 is 1.95 bits per heavy atom. The second-order valence-corrected chi connectivity index (χ2v) is 6.76. The minimum absolute atomic E-state index is 0.0353. The number of carbonyl (C=O) groups is 1. The fourth-order valence-corrected chi connectivity index (χ4v) is 2.67. The van der Waals surface area contributed by atoms with Gasteiger partial charge in [-0.1, -0.05) is 27.2 Å². The molecule has 0 spiro atoms. The van der Waals surface area contributed by atoms with Crippen molar-refractivity contribution in [2.75, 3.05) is 20.1 Å². The van der Waals surface area contributed by atoms with Crippen LogP contribution in [0.15, 0.2) is 0 Å². The van der Waals surface area contributed by atoms with Gasteiger partial charge >= 0.3 is 0 Å². The zero-order chi connectivity index (χ0) is 15.3. The highest BCUT2D eigenvalue weighted by molar-refractivity contribution is 5.84. The molecular formula is C16H33N3O. The van der Waals surface area contributed by atoms with Crippen LogP contribution in [-0.4, -0.2) is 54.1 Å². The third-order valence-electron chi connectivity index (χ3n) is 4.20. The van der Waals surface area contributed by atoms with E-state index < -0.39 is 0 Å². The van der Waals surface area contributed by atoms with E-state index in [-0.39, 0.29) is 12.2 Å². The van der Waals surface area contributed by atoms with Crippen LogP contribution in [0, 0.1) is 5.92 Å². The van der Waals surface area contributed by atoms with Crippen molar-refractivity contribution in [1.29, 1.82) is 0 Å². The second kappa shape index (κ2) is 7.99. The van der Waals surface area contributed by atoms with Gasteiger partial charge in [-0.3, -0.25) is 10.1 Å². The van der Waals surface area contributed by atoms with Gasteiger partial charge in [-0.2, -0.15) is 0 Å². The minimum Gasteiger partial charge on any atom is -0.325 e. The highest BCUT2D eigenvalue weighted by atomic mass is 16.2. The molecule has 4 heteroatoms. The van der Waals surface area contributed by atoms with Crippen molar-refractivity contribution in [3.05, 3.63) is 0 Å². The fourth-order valence-electron chi connectivity index (χ4n) is 2.67. The summed E-state index contributed by atoms with van der Waals surface area (Å²) in [5.41, 5.74) is 0. The number of hydrogen-bond donors (Lipinski definition) is 1. The van der Waals surface area contributed by atoms with Gasteiger partial charge < -0.3 is 9.80 Å². The van der Waals surface area contributed by atoms with Crippen LogP contribution >= 0.6 is 0 Å². The first-order chi connectivity index (χ1) is 9.36. The van der Waals surface area contributed by atoms with Crippen LogP contribution < -0.4 is 5.32 Å². The summed E-state index contributed by atoms with van der Waals surface area (Å²) in [4.78, 5) is 16.9. The number of hydrogen-bond acceptors (Lipinski definition) is 3. The lowest BCUT2D eigenvalue weighted by molar-refractivity contribution is -0.130. The Labute approximate surface area is 124 Å². The lowest BCUT2D eigenvalue weighted by atomic mass is 10.1. The molecular weight excluding hydrogens is 250 g/mol. The predicted molar refractivity (Wildman–Crippen MR) is 84.6 cm³/mol. The van der Waals surface area contributed by atoms with Gasteiger partial charge in [0.05, 0.1) is 12.2 Å². The summed E-state index contributed by atoms with van der Waals surface area (Å²) in [5, 5.41) is 3.53. The van der Waals surface area contributed by atoms with Crippen LogP contribution in [0.2, 0.25) is 0 Å². The average molecular weight is 283 g/mol. The molecule has 20 heavy (non-hydrogen) atoms. The minimum atomic E-state index is 0.0353. The molecule has 1 rings (SSSR count). The standard InChI is InChI=1S/C16H33N3O/c1-7-8-14-16(20)19(10-9-18(6)13(4)5)15(17-14)11-12(2)3/h12-15,17H,7-11H2,1-6H3.